The van der Waals surface area contributed by atoms with Crippen molar-refractivity contribution in [2.45, 2.75) is 31.7 Å². The van der Waals surface area contributed by atoms with Crippen LogP contribution < -0.4 is 5.73 Å². The molecule has 0 saturated carbocycles. The number of aryl methyl sites for hydroxylation is 1. The van der Waals surface area contributed by atoms with Crippen molar-refractivity contribution in [1.29, 1.82) is 0 Å². The SMILES string of the molecule is Cc1cc(S(=O)(=O)N(CCN)C(C)C)ccc1F. The molecule has 18 heavy (non-hydrogen) atoms. The first kappa shape index (κ1) is 15.1. The summed E-state index contributed by atoms with van der Waals surface area (Å²) in [6.45, 7) is 5.60. The van der Waals surface area contributed by atoms with Crippen molar-refractivity contribution in [3.63, 3.8) is 0 Å². The van der Waals surface area contributed by atoms with Gasteiger partial charge in [-0.3, -0.25) is 0 Å². The summed E-state index contributed by atoms with van der Waals surface area (Å²) >= 11 is 0. The predicted octanol–water partition coefficient (Wildman–Crippen LogP) is 1.49. The minimum Gasteiger partial charge on any atom is -0.329 e. The average molecular weight is 274 g/mol. The lowest BCUT2D eigenvalue weighted by atomic mass is 10.2. The standard InChI is InChI=1S/C12H19FN2O2S/c1-9(2)15(7-6-14)18(16,17)11-4-5-12(13)10(3)8-11/h4-5,8-9H,6-7,14H2,1-3H3. The highest BCUT2D eigenvalue weighted by Gasteiger charge is 2.26. The molecule has 0 aromatic heterocycles. The van der Waals surface area contributed by atoms with Crippen LogP contribution in [0.3, 0.4) is 0 Å². The molecule has 0 atom stereocenters. The van der Waals surface area contributed by atoms with Gasteiger partial charge in [-0.1, -0.05) is 0 Å². The van der Waals surface area contributed by atoms with Gasteiger partial charge >= 0.3 is 0 Å². The van der Waals surface area contributed by atoms with Gasteiger partial charge in [0.1, 0.15) is 5.82 Å². The van der Waals surface area contributed by atoms with Gasteiger partial charge in [-0.05, 0) is 44.5 Å². The quantitative estimate of drug-likeness (QED) is 0.885. The molecule has 0 aliphatic carbocycles. The van der Waals surface area contributed by atoms with E-state index in [0.717, 1.165) is 0 Å². The first-order valence-electron chi connectivity index (χ1n) is 5.78. The van der Waals surface area contributed by atoms with Gasteiger partial charge < -0.3 is 5.73 Å². The number of halogens is 1. The molecular weight excluding hydrogens is 255 g/mol. The molecule has 0 aliphatic heterocycles. The van der Waals surface area contributed by atoms with E-state index in [9.17, 15) is 12.8 Å². The number of hydrogen-bond donors (Lipinski definition) is 1. The largest absolute Gasteiger partial charge is 0.329 e. The van der Waals surface area contributed by atoms with Gasteiger partial charge in [0.2, 0.25) is 10.0 Å². The molecule has 102 valence electrons. The lowest BCUT2D eigenvalue weighted by Gasteiger charge is -2.25. The van der Waals surface area contributed by atoms with Crippen molar-refractivity contribution in [2.75, 3.05) is 13.1 Å². The summed E-state index contributed by atoms with van der Waals surface area (Å²) in [6, 6.07) is 3.60. The molecule has 0 radical (unpaired) electrons. The fourth-order valence-corrected chi connectivity index (χ4v) is 3.43. The summed E-state index contributed by atoms with van der Waals surface area (Å²) in [4.78, 5) is 0.101. The maximum absolute atomic E-state index is 13.2. The third kappa shape index (κ3) is 3.07. The fraction of sp³-hybridized carbons (Fsp3) is 0.500. The molecule has 2 N–H and O–H groups in total. The first-order chi connectivity index (χ1) is 8.30. The van der Waals surface area contributed by atoms with Gasteiger partial charge in [0, 0.05) is 19.1 Å². The Morgan fingerprint density at radius 1 is 1.39 bits per heavy atom. The van der Waals surface area contributed by atoms with Gasteiger partial charge in [0.25, 0.3) is 0 Å². The molecular formula is C12H19FN2O2S. The summed E-state index contributed by atoms with van der Waals surface area (Å²) in [7, 11) is -3.62. The van der Waals surface area contributed by atoms with Gasteiger partial charge in [-0.25, -0.2) is 12.8 Å². The lowest BCUT2D eigenvalue weighted by Crippen LogP contribution is -2.40. The zero-order valence-electron chi connectivity index (χ0n) is 10.9. The Bertz CT molecular complexity index is 515. The van der Waals surface area contributed by atoms with Crippen LogP contribution in [0.5, 0.6) is 0 Å². The van der Waals surface area contributed by atoms with Crippen molar-refractivity contribution in [3.8, 4) is 0 Å². The maximum Gasteiger partial charge on any atom is 0.243 e. The predicted molar refractivity (Wildman–Crippen MR) is 69.2 cm³/mol. The highest BCUT2D eigenvalue weighted by atomic mass is 32.2. The van der Waals surface area contributed by atoms with Crippen LogP contribution in [0.1, 0.15) is 19.4 Å². The van der Waals surface area contributed by atoms with Gasteiger partial charge in [-0.2, -0.15) is 4.31 Å². The van der Waals surface area contributed by atoms with E-state index < -0.39 is 15.8 Å². The van der Waals surface area contributed by atoms with E-state index in [4.69, 9.17) is 5.73 Å². The summed E-state index contributed by atoms with van der Waals surface area (Å²) in [5.74, 6) is -0.413. The van der Waals surface area contributed by atoms with E-state index in [0.29, 0.717) is 5.56 Å². The molecule has 0 amide bonds. The fourth-order valence-electron chi connectivity index (χ4n) is 1.70. The van der Waals surface area contributed by atoms with Crippen LogP contribution in [0.4, 0.5) is 4.39 Å². The highest BCUT2D eigenvalue weighted by Crippen LogP contribution is 2.20. The number of hydrogen-bond acceptors (Lipinski definition) is 3. The lowest BCUT2D eigenvalue weighted by molar-refractivity contribution is 0.361. The van der Waals surface area contributed by atoms with Crippen LogP contribution in [0, 0.1) is 12.7 Å². The third-order valence-corrected chi connectivity index (χ3v) is 4.73. The normalized spacial score (nSPS) is 12.4. The molecule has 6 heteroatoms. The van der Waals surface area contributed by atoms with Crippen molar-refractivity contribution < 1.29 is 12.8 Å². The summed E-state index contributed by atoms with van der Waals surface area (Å²) < 4.78 is 39.2. The number of benzene rings is 1. The number of rotatable bonds is 5. The molecule has 0 aliphatic rings. The molecule has 0 fully saturated rings. The van der Waals surface area contributed by atoms with Gasteiger partial charge in [0.15, 0.2) is 0 Å². The Morgan fingerprint density at radius 2 is 2.00 bits per heavy atom. The maximum atomic E-state index is 13.2. The Balaban J connectivity index is 3.22. The van der Waals surface area contributed by atoms with E-state index in [1.54, 1.807) is 13.8 Å². The minimum atomic E-state index is -3.62. The zero-order valence-corrected chi connectivity index (χ0v) is 11.7. The summed E-state index contributed by atoms with van der Waals surface area (Å²) in [6.07, 6.45) is 0. The summed E-state index contributed by atoms with van der Waals surface area (Å²) in [5.41, 5.74) is 5.74. The smallest absolute Gasteiger partial charge is 0.243 e. The zero-order chi connectivity index (χ0) is 13.9. The van der Waals surface area contributed by atoms with Crippen molar-refractivity contribution in [3.05, 3.63) is 29.6 Å². The van der Waals surface area contributed by atoms with Gasteiger partial charge in [-0.15, -0.1) is 0 Å². The number of nitrogens with two attached hydrogens (primary N) is 1. The number of nitrogens with zero attached hydrogens (tertiary/aromatic N) is 1. The van der Waals surface area contributed by atoms with Crippen molar-refractivity contribution in [2.24, 2.45) is 5.73 Å². The second-order valence-corrected chi connectivity index (χ2v) is 6.30. The van der Waals surface area contributed by atoms with Crippen molar-refractivity contribution >= 4 is 10.0 Å². The van der Waals surface area contributed by atoms with Gasteiger partial charge in [0.05, 0.1) is 4.90 Å². The highest BCUT2D eigenvalue weighted by molar-refractivity contribution is 7.89. The Kier molecular flexibility index (Phi) is 4.84. The molecule has 0 heterocycles. The van der Waals surface area contributed by atoms with E-state index in [-0.39, 0.29) is 24.0 Å². The van der Waals surface area contributed by atoms with Crippen LogP contribution in [-0.2, 0) is 10.0 Å². The Hall–Kier alpha value is -0.980. The first-order valence-corrected chi connectivity index (χ1v) is 7.22. The molecule has 4 nitrogen and oxygen atoms in total. The van der Waals surface area contributed by atoms with E-state index >= 15 is 0 Å². The van der Waals surface area contributed by atoms with E-state index in [1.807, 2.05) is 0 Å². The topological polar surface area (TPSA) is 63.4 Å². The molecule has 0 spiro atoms. The molecule has 0 saturated heterocycles. The van der Waals surface area contributed by atoms with Crippen LogP contribution >= 0.6 is 0 Å². The Labute approximate surface area is 108 Å². The monoisotopic (exact) mass is 274 g/mol. The molecule has 0 bridgehead atoms. The molecule has 1 rings (SSSR count). The van der Waals surface area contributed by atoms with Crippen molar-refractivity contribution in [1.82, 2.24) is 4.31 Å². The average Bonchev–Trinajstić information content (AvgIpc) is 2.28. The second-order valence-electron chi connectivity index (χ2n) is 4.41. The minimum absolute atomic E-state index is 0.101. The third-order valence-electron chi connectivity index (χ3n) is 2.66. The van der Waals surface area contributed by atoms with Crippen LogP contribution in [0.2, 0.25) is 0 Å². The van der Waals surface area contributed by atoms with E-state index in [2.05, 4.69) is 0 Å². The van der Waals surface area contributed by atoms with Crippen LogP contribution in [0.15, 0.2) is 23.1 Å². The van der Waals surface area contributed by atoms with Crippen LogP contribution in [0.25, 0.3) is 0 Å². The van der Waals surface area contributed by atoms with Crippen LogP contribution in [-0.4, -0.2) is 31.9 Å². The number of sulfonamides is 1. The second kappa shape index (κ2) is 5.77. The van der Waals surface area contributed by atoms with E-state index in [1.165, 1.54) is 29.4 Å². The Morgan fingerprint density at radius 3 is 2.44 bits per heavy atom. The summed E-state index contributed by atoms with van der Waals surface area (Å²) in [5, 5.41) is 0. The molecule has 1 aromatic carbocycles. The molecule has 1 aromatic rings. The molecule has 0 unspecified atom stereocenters.